The Bertz CT molecular complexity index is 466. The summed E-state index contributed by atoms with van der Waals surface area (Å²) in [7, 11) is -3.41. The lowest BCUT2D eigenvalue weighted by molar-refractivity contribution is -0.143. The molecule has 2 aliphatic heterocycles. The van der Waals surface area contributed by atoms with Crippen LogP contribution in [-0.4, -0.2) is 81.8 Å². The molecule has 0 aromatic carbocycles. The molecule has 21 heavy (non-hydrogen) atoms. The van der Waals surface area contributed by atoms with Crippen LogP contribution in [0.15, 0.2) is 0 Å². The van der Waals surface area contributed by atoms with E-state index in [-0.39, 0.29) is 11.7 Å². The Morgan fingerprint density at radius 2 is 1.71 bits per heavy atom. The van der Waals surface area contributed by atoms with Gasteiger partial charge in [-0.2, -0.15) is 4.31 Å². The van der Waals surface area contributed by atoms with Gasteiger partial charge in [0.2, 0.25) is 15.9 Å². The number of nitrogens with zero attached hydrogens (tertiary/aromatic N) is 2. The maximum atomic E-state index is 12.6. The third-order valence-corrected chi connectivity index (χ3v) is 6.13. The van der Waals surface area contributed by atoms with E-state index >= 15 is 0 Å². The number of amides is 1. The summed E-state index contributed by atoms with van der Waals surface area (Å²) in [5, 5.41) is 3.13. The summed E-state index contributed by atoms with van der Waals surface area (Å²) in [6.45, 7) is 7.82. The fourth-order valence-corrected chi connectivity index (χ4v) is 4.68. The highest BCUT2D eigenvalue weighted by Crippen LogP contribution is 2.24. The highest BCUT2D eigenvalue weighted by molar-refractivity contribution is 7.89. The maximum Gasteiger partial charge on any atom is 0.229 e. The summed E-state index contributed by atoms with van der Waals surface area (Å²) in [6, 6.07) is 0. The standard InChI is InChI=1S/C13H25N3O4S/c1-13(2,12(17)15-7-9-20-10-8-15)11-21(18,19)16-5-3-14-4-6-16/h14H,3-11H2,1-2H3. The second kappa shape index (κ2) is 6.60. The van der Waals surface area contributed by atoms with Crippen LogP contribution in [0.4, 0.5) is 0 Å². The zero-order chi connectivity index (χ0) is 15.5. The van der Waals surface area contributed by atoms with Crippen molar-refractivity contribution in [3.05, 3.63) is 0 Å². The molecule has 0 unspecified atom stereocenters. The zero-order valence-electron chi connectivity index (χ0n) is 12.8. The Hall–Kier alpha value is -0.700. The Labute approximate surface area is 126 Å². The first-order chi connectivity index (χ1) is 9.83. The van der Waals surface area contributed by atoms with Gasteiger partial charge >= 0.3 is 0 Å². The molecule has 0 aromatic heterocycles. The van der Waals surface area contributed by atoms with E-state index in [0.717, 1.165) is 0 Å². The number of piperazine rings is 1. The monoisotopic (exact) mass is 319 g/mol. The molecule has 2 rings (SSSR count). The molecule has 1 amide bonds. The second-order valence-electron chi connectivity index (χ2n) is 6.19. The lowest BCUT2D eigenvalue weighted by Gasteiger charge is -2.35. The largest absolute Gasteiger partial charge is 0.378 e. The van der Waals surface area contributed by atoms with Crippen LogP contribution in [0.5, 0.6) is 0 Å². The van der Waals surface area contributed by atoms with Crippen LogP contribution in [0.25, 0.3) is 0 Å². The first kappa shape index (κ1) is 16.7. The minimum atomic E-state index is -3.41. The average molecular weight is 319 g/mol. The van der Waals surface area contributed by atoms with E-state index in [1.54, 1.807) is 18.7 Å². The molecule has 2 heterocycles. The molecule has 2 aliphatic rings. The van der Waals surface area contributed by atoms with Gasteiger partial charge in [0, 0.05) is 39.3 Å². The van der Waals surface area contributed by atoms with E-state index in [0.29, 0.717) is 52.5 Å². The smallest absolute Gasteiger partial charge is 0.229 e. The van der Waals surface area contributed by atoms with Gasteiger partial charge in [-0.3, -0.25) is 4.79 Å². The number of morpholine rings is 1. The third kappa shape index (κ3) is 4.15. The summed E-state index contributed by atoms with van der Waals surface area (Å²) in [6.07, 6.45) is 0. The molecule has 0 atom stereocenters. The lowest BCUT2D eigenvalue weighted by Crippen LogP contribution is -2.52. The molecule has 0 bridgehead atoms. The Morgan fingerprint density at radius 3 is 2.29 bits per heavy atom. The van der Waals surface area contributed by atoms with Crippen molar-refractivity contribution in [2.24, 2.45) is 5.41 Å². The molecule has 122 valence electrons. The number of rotatable bonds is 4. The zero-order valence-corrected chi connectivity index (χ0v) is 13.6. The number of hydrogen-bond donors (Lipinski definition) is 1. The molecular formula is C13H25N3O4S. The summed E-state index contributed by atoms with van der Waals surface area (Å²) >= 11 is 0. The van der Waals surface area contributed by atoms with Crippen molar-refractivity contribution >= 4 is 15.9 Å². The number of ether oxygens (including phenoxy) is 1. The fourth-order valence-electron chi connectivity index (χ4n) is 2.73. The van der Waals surface area contributed by atoms with Crippen LogP contribution >= 0.6 is 0 Å². The Morgan fingerprint density at radius 1 is 1.14 bits per heavy atom. The summed E-state index contributed by atoms with van der Waals surface area (Å²) < 4.78 is 31.7. The minimum Gasteiger partial charge on any atom is -0.378 e. The highest BCUT2D eigenvalue weighted by Gasteiger charge is 2.39. The van der Waals surface area contributed by atoms with E-state index in [9.17, 15) is 13.2 Å². The molecule has 0 saturated carbocycles. The van der Waals surface area contributed by atoms with Gasteiger partial charge in [0.25, 0.3) is 0 Å². The van der Waals surface area contributed by atoms with Crippen LogP contribution in [0.1, 0.15) is 13.8 Å². The van der Waals surface area contributed by atoms with E-state index < -0.39 is 15.4 Å². The molecule has 0 aromatic rings. The number of nitrogens with one attached hydrogen (secondary N) is 1. The second-order valence-corrected chi connectivity index (χ2v) is 8.16. The van der Waals surface area contributed by atoms with Crippen LogP contribution in [0, 0.1) is 5.41 Å². The van der Waals surface area contributed by atoms with Gasteiger partial charge in [-0.05, 0) is 13.8 Å². The topological polar surface area (TPSA) is 79.0 Å². The summed E-state index contributed by atoms with van der Waals surface area (Å²) in [5.41, 5.74) is -0.916. The van der Waals surface area contributed by atoms with Gasteiger partial charge in [0.05, 0.1) is 24.4 Å². The molecule has 2 saturated heterocycles. The van der Waals surface area contributed by atoms with Crippen molar-refractivity contribution in [2.45, 2.75) is 13.8 Å². The van der Waals surface area contributed by atoms with Crippen molar-refractivity contribution in [3.63, 3.8) is 0 Å². The van der Waals surface area contributed by atoms with Crippen LogP contribution in [-0.2, 0) is 19.6 Å². The first-order valence-corrected chi connectivity index (χ1v) is 8.99. The fraction of sp³-hybridized carbons (Fsp3) is 0.923. The van der Waals surface area contributed by atoms with Crippen molar-refractivity contribution in [3.8, 4) is 0 Å². The molecule has 0 aliphatic carbocycles. The van der Waals surface area contributed by atoms with E-state index in [4.69, 9.17) is 4.74 Å². The van der Waals surface area contributed by atoms with Crippen molar-refractivity contribution in [1.29, 1.82) is 0 Å². The maximum absolute atomic E-state index is 12.6. The Kier molecular flexibility index (Phi) is 5.24. The third-order valence-electron chi connectivity index (χ3n) is 3.89. The van der Waals surface area contributed by atoms with E-state index in [2.05, 4.69) is 5.32 Å². The SMILES string of the molecule is CC(C)(CS(=O)(=O)N1CCNCC1)C(=O)N1CCOCC1. The summed E-state index contributed by atoms with van der Waals surface area (Å²) in [5.74, 6) is -0.250. The molecule has 0 spiro atoms. The van der Waals surface area contributed by atoms with Gasteiger partial charge < -0.3 is 15.0 Å². The number of carbonyl (C=O) groups excluding carboxylic acids is 1. The van der Waals surface area contributed by atoms with Gasteiger partial charge in [-0.25, -0.2) is 8.42 Å². The van der Waals surface area contributed by atoms with Crippen molar-refractivity contribution in [1.82, 2.24) is 14.5 Å². The quantitative estimate of drug-likeness (QED) is 0.727. The molecule has 7 nitrogen and oxygen atoms in total. The molecule has 0 radical (unpaired) electrons. The molecule has 1 N–H and O–H groups in total. The molecule has 8 heteroatoms. The predicted molar refractivity (Wildman–Crippen MR) is 79.4 cm³/mol. The normalized spacial score (nSPS) is 22.3. The highest BCUT2D eigenvalue weighted by atomic mass is 32.2. The van der Waals surface area contributed by atoms with Crippen LogP contribution in [0.3, 0.4) is 0 Å². The van der Waals surface area contributed by atoms with Gasteiger partial charge in [0.1, 0.15) is 0 Å². The number of hydrogen-bond acceptors (Lipinski definition) is 5. The lowest BCUT2D eigenvalue weighted by atomic mass is 9.94. The van der Waals surface area contributed by atoms with Gasteiger partial charge in [-0.15, -0.1) is 0 Å². The van der Waals surface area contributed by atoms with Crippen molar-refractivity contribution < 1.29 is 17.9 Å². The molecular weight excluding hydrogens is 294 g/mol. The van der Waals surface area contributed by atoms with Crippen LogP contribution < -0.4 is 5.32 Å². The number of sulfonamides is 1. The van der Waals surface area contributed by atoms with Gasteiger partial charge in [0.15, 0.2) is 0 Å². The molecule has 2 fully saturated rings. The van der Waals surface area contributed by atoms with E-state index in [1.807, 2.05) is 0 Å². The number of carbonyl (C=O) groups is 1. The Balaban J connectivity index is 2.02. The van der Waals surface area contributed by atoms with Crippen LogP contribution in [0.2, 0.25) is 0 Å². The minimum absolute atomic E-state index is 0.107. The van der Waals surface area contributed by atoms with E-state index in [1.165, 1.54) is 4.31 Å². The average Bonchev–Trinajstić information content (AvgIpc) is 2.47. The van der Waals surface area contributed by atoms with Crippen molar-refractivity contribution in [2.75, 3.05) is 58.2 Å². The van der Waals surface area contributed by atoms with Gasteiger partial charge in [-0.1, -0.05) is 0 Å². The predicted octanol–water partition coefficient (Wildman–Crippen LogP) is -0.894. The first-order valence-electron chi connectivity index (χ1n) is 7.39. The summed E-state index contributed by atoms with van der Waals surface area (Å²) in [4.78, 5) is 14.3.